The van der Waals surface area contributed by atoms with Gasteiger partial charge in [-0.15, -0.1) is 11.8 Å². The molecule has 1 heterocycles. The van der Waals surface area contributed by atoms with E-state index in [9.17, 15) is 4.79 Å². The van der Waals surface area contributed by atoms with E-state index in [0.717, 1.165) is 23.5 Å². The molecule has 0 aromatic carbocycles. The minimum absolute atomic E-state index is 0.645. The molecular formula is C12H21N3O2S. The van der Waals surface area contributed by atoms with Crippen molar-refractivity contribution in [3.05, 3.63) is 12.4 Å². The monoisotopic (exact) mass is 271 g/mol. The van der Waals surface area contributed by atoms with Crippen molar-refractivity contribution in [3.63, 3.8) is 0 Å². The van der Waals surface area contributed by atoms with Crippen LogP contribution in [-0.4, -0.2) is 39.2 Å². The van der Waals surface area contributed by atoms with Gasteiger partial charge in [-0.05, 0) is 32.6 Å². The Labute approximate surface area is 112 Å². The van der Waals surface area contributed by atoms with Crippen LogP contribution in [0.25, 0.3) is 0 Å². The first-order valence-electron chi connectivity index (χ1n) is 6.02. The van der Waals surface area contributed by atoms with Crippen molar-refractivity contribution in [1.82, 2.24) is 15.1 Å². The Morgan fingerprint density at radius 3 is 2.83 bits per heavy atom. The Bertz CT molecular complexity index is 394. The van der Waals surface area contributed by atoms with Crippen LogP contribution < -0.4 is 5.32 Å². The van der Waals surface area contributed by atoms with Crippen molar-refractivity contribution in [2.45, 2.75) is 36.6 Å². The highest BCUT2D eigenvalue weighted by atomic mass is 32.2. The van der Waals surface area contributed by atoms with E-state index >= 15 is 0 Å². The second-order valence-corrected chi connectivity index (χ2v) is 5.71. The highest BCUT2D eigenvalue weighted by Crippen LogP contribution is 2.20. The summed E-state index contributed by atoms with van der Waals surface area (Å²) in [5, 5.41) is 16.1. The number of thioether (sulfide) groups is 1. The minimum atomic E-state index is -0.807. The van der Waals surface area contributed by atoms with Gasteiger partial charge < -0.3 is 10.4 Å². The summed E-state index contributed by atoms with van der Waals surface area (Å²) in [4.78, 5) is 12.2. The van der Waals surface area contributed by atoms with Crippen LogP contribution in [0.3, 0.4) is 0 Å². The molecule has 1 aromatic heterocycles. The Balaban J connectivity index is 2.20. The fourth-order valence-electron chi connectivity index (χ4n) is 1.58. The number of hydrogen-bond donors (Lipinski definition) is 2. The summed E-state index contributed by atoms with van der Waals surface area (Å²) in [5.41, 5.74) is -0.807. The zero-order valence-corrected chi connectivity index (χ0v) is 12.0. The molecule has 6 heteroatoms. The van der Waals surface area contributed by atoms with Gasteiger partial charge in [0.1, 0.15) is 5.54 Å². The summed E-state index contributed by atoms with van der Waals surface area (Å²) >= 11 is 1.76. The van der Waals surface area contributed by atoms with Gasteiger partial charge in [0.2, 0.25) is 0 Å². The van der Waals surface area contributed by atoms with Gasteiger partial charge in [0.15, 0.2) is 0 Å². The van der Waals surface area contributed by atoms with Gasteiger partial charge in [0, 0.05) is 18.1 Å². The fourth-order valence-corrected chi connectivity index (χ4v) is 2.52. The van der Waals surface area contributed by atoms with Crippen molar-refractivity contribution in [2.24, 2.45) is 7.05 Å². The standard InChI is InChI=1S/C12H21N3O2S/c1-12(13-2,11(16)17)6-4-5-7-18-10-8-14-15(3)9-10/h8-9,13H,4-7H2,1-3H3,(H,16,17). The van der Waals surface area contributed by atoms with Crippen LogP contribution in [0.4, 0.5) is 0 Å². The molecular weight excluding hydrogens is 250 g/mol. The van der Waals surface area contributed by atoms with Gasteiger partial charge in [-0.1, -0.05) is 6.42 Å². The predicted octanol–water partition coefficient (Wildman–Crippen LogP) is 1.75. The fraction of sp³-hybridized carbons (Fsp3) is 0.667. The zero-order valence-electron chi connectivity index (χ0n) is 11.1. The average Bonchev–Trinajstić information content (AvgIpc) is 2.74. The van der Waals surface area contributed by atoms with Gasteiger partial charge in [0.25, 0.3) is 0 Å². The molecule has 0 amide bonds. The number of aryl methyl sites for hydroxylation is 1. The quantitative estimate of drug-likeness (QED) is 0.557. The summed E-state index contributed by atoms with van der Waals surface area (Å²) in [6, 6.07) is 0. The summed E-state index contributed by atoms with van der Waals surface area (Å²) in [7, 11) is 3.59. The summed E-state index contributed by atoms with van der Waals surface area (Å²) in [6.45, 7) is 1.73. The summed E-state index contributed by atoms with van der Waals surface area (Å²) in [5.74, 6) is 0.204. The number of likely N-dealkylation sites (N-methyl/N-ethyl adjacent to an activating group) is 1. The predicted molar refractivity (Wildman–Crippen MR) is 72.9 cm³/mol. The molecule has 1 unspecified atom stereocenters. The lowest BCUT2D eigenvalue weighted by Crippen LogP contribution is -2.47. The van der Waals surface area contributed by atoms with Crippen LogP contribution >= 0.6 is 11.8 Å². The van der Waals surface area contributed by atoms with Crippen molar-refractivity contribution < 1.29 is 9.90 Å². The molecule has 18 heavy (non-hydrogen) atoms. The second kappa shape index (κ2) is 6.80. The molecule has 0 saturated carbocycles. The average molecular weight is 271 g/mol. The summed E-state index contributed by atoms with van der Waals surface area (Å²) < 4.78 is 1.78. The number of unbranched alkanes of at least 4 members (excludes halogenated alkanes) is 1. The maximum Gasteiger partial charge on any atom is 0.323 e. The number of carbonyl (C=O) groups is 1. The first-order valence-corrected chi connectivity index (χ1v) is 7.00. The second-order valence-electron chi connectivity index (χ2n) is 4.54. The molecule has 1 atom stereocenters. The molecule has 102 valence electrons. The van der Waals surface area contributed by atoms with Gasteiger partial charge in [0.05, 0.1) is 6.20 Å². The lowest BCUT2D eigenvalue weighted by Gasteiger charge is -2.23. The van der Waals surface area contributed by atoms with Crippen LogP contribution in [0.15, 0.2) is 17.3 Å². The highest BCUT2D eigenvalue weighted by Gasteiger charge is 2.29. The van der Waals surface area contributed by atoms with Gasteiger partial charge in [-0.3, -0.25) is 9.48 Å². The van der Waals surface area contributed by atoms with E-state index in [1.165, 1.54) is 0 Å². The number of carboxylic acid groups (broad SMARTS) is 1. The maximum absolute atomic E-state index is 11.1. The lowest BCUT2D eigenvalue weighted by molar-refractivity contribution is -0.144. The van der Waals surface area contributed by atoms with Gasteiger partial charge >= 0.3 is 5.97 Å². The molecule has 1 rings (SSSR count). The van der Waals surface area contributed by atoms with E-state index in [-0.39, 0.29) is 0 Å². The molecule has 0 aliphatic heterocycles. The zero-order chi connectivity index (χ0) is 13.6. The Morgan fingerprint density at radius 1 is 1.61 bits per heavy atom. The Kier molecular flexibility index (Phi) is 5.68. The third kappa shape index (κ3) is 4.34. The van der Waals surface area contributed by atoms with Crippen LogP contribution in [0.1, 0.15) is 26.2 Å². The molecule has 0 bridgehead atoms. The highest BCUT2D eigenvalue weighted by molar-refractivity contribution is 7.99. The number of hydrogen-bond acceptors (Lipinski definition) is 4. The number of aliphatic carboxylic acids is 1. The Morgan fingerprint density at radius 2 is 2.33 bits per heavy atom. The number of nitrogens with one attached hydrogen (secondary N) is 1. The third-order valence-corrected chi connectivity index (χ3v) is 4.08. The summed E-state index contributed by atoms with van der Waals surface area (Å²) in [6.07, 6.45) is 6.38. The van der Waals surface area contributed by atoms with Crippen LogP contribution in [0.2, 0.25) is 0 Å². The van der Waals surface area contributed by atoms with Crippen LogP contribution in [0.5, 0.6) is 0 Å². The molecule has 2 N–H and O–H groups in total. The first kappa shape index (κ1) is 15.0. The van der Waals surface area contributed by atoms with E-state index in [1.54, 1.807) is 30.4 Å². The van der Waals surface area contributed by atoms with Crippen LogP contribution in [0, 0.1) is 0 Å². The molecule has 1 aromatic rings. The van der Waals surface area contributed by atoms with Crippen LogP contribution in [-0.2, 0) is 11.8 Å². The minimum Gasteiger partial charge on any atom is -0.480 e. The molecule has 0 fully saturated rings. The first-order chi connectivity index (χ1) is 8.48. The number of nitrogens with zero attached hydrogens (tertiary/aromatic N) is 2. The lowest BCUT2D eigenvalue weighted by atomic mass is 9.95. The Hall–Kier alpha value is -1.01. The number of carboxylic acids is 1. The third-order valence-electron chi connectivity index (χ3n) is 3.04. The van der Waals surface area contributed by atoms with Crippen molar-refractivity contribution in [2.75, 3.05) is 12.8 Å². The van der Waals surface area contributed by atoms with E-state index in [4.69, 9.17) is 5.11 Å². The van der Waals surface area contributed by atoms with Gasteiger partial charge in [-0.25, -0.2) is 0 Å². The number of aromatic nitrogens is 2. The molecule has 0 radical (unpaired) electrons. The molecule has 0 aliphatic rings. The molecule has 0 saturated heterocycles. The van der Waals surface area contributed by atoms with E-state index in [2.05, 4.69) is 10.4 Å². The normalized spacial score (nSPS) is 14.4. The number of rotatable bonds is 8. The van der Waals surface area contributed by atoms with Crippen molar-refractivity contribution in [1.29, 1.82) is 0 Å². The van der Waals surface area contributed by atoms with E-state index < -0.39 is 11.5 Å². The van der Waals surface area contributed by atoms with Crippen molar-refractivity contribution in [3.8, 4) is 0 Å². The topological polar surface area (TPSA) is 67.2 Å². The largest absolute Gasteiger partial charge is 0.480 e. The van der Waals surface area contributed by atoms with E-state index in [1.807, 2.05) is 19.4 Å². The molecule has 5 nitrogen and oxygen atoms in total. The van der Waals surface area contributed by atoms with Crippen molar-refractivity contribution >= 4 is 17.7 Å². The molecule has 0 aliphatic carbocycles. The van der Waals surface area contributed by atoms with Gasteiger partial charge in [-0.2, -0.15) is 5.10 Å². The maximum atomic E-state index is 11.1. The van der Waals surface area contributed by atoms with E-state index in [0.29, 0.717) is 6.42 Å². The SMILES string of the molecule is CNC(C)(CCCCSc1cnn(C)c1)C(=O)O. The smallest absolute Gasteiger partial charge is 0.323 e. The molecule has 0 spiro atoms.